The number of anilines is 3. The van der Waals surface area contributed by atoms with Gasteiger partial charge in [-0.25, -0.2) is 4.98 Å². The number of nitrogen functional groups attached to an aromatic ring is 1. The molecule has 0 bridgehead atoms. The number of nitrogens with two attached hydrogens (primary N) is 1. The fourth-order valence-electron chi connectivity index (χ4n) is 1.63. The number of aliphatic hydroxyl groups is 1. The van der Waals surface area contributed by atoms with Crippen LogP contribution in [0, 0.1) is 23.2 Å². The molecule has 2 aromatic rings. The van der Waals surface area contributed by atoms with E-state index in [9.17, 15) is 0 Å². The Morgan fingerprint density at radius 2 is 2.05 bits per heavy atom. The lowest BCUT2D eigenvalue weighted by atomic mass is 10.2. The molecule has 1 heterocycles. The van der Waals surface area contributed by atoms with Gasteiger partial charge in [0.1, 0.15) is 5.82 Å². The lowest BCUT2D eigenvalue weighted by Gasteiger charge is -2.05. The van der Waals surface area contributed by atoms with Crippen LogP contribution in [0.1, 0.15) is 24.0 Å². The summed E-state index contributed by atoms with van der Waals surface area (Å²) in [6, 6.07) is 8.98. The molecule has 6 heteroatoms. The minimum atomic E-state index is 0.119. The van der Waals surface area contributed by atoms with Gasteiger partial charge in [-0.3, -0.25) is 0 Å². The Morgan fingerprint density at radius 1 is 1.27 bits per heavy atom. The number of unbranched alkanes of at least 4 members (excludes halogenated alkanes) is 1. The molecule has 0 aliphatic heterocycles. The summed E-state index contributed by atoms with van der Waals surface area (Å²) < 4.78 is 0. The van der Waals surface area contributed by atoms with Gasteiger partial charge < -0.3 is 16.2 Å². The molecular formula is C16H15N5O. The highest BCUT2D eigenvalue weighted by Gasteiger charge is 2.03. The van der Waals surface area contributed by atoms with Crippen molar-refractivity contribution in [2.75, 3.05) is 17.7 Å². The summed E-state index contributed by atoms with van der Waals surface area (Å²) in [5, 5.41) is 20.4. The van der Waals surface area contributed by atoms with E-state index in [1.54, 1.807) is 30.5 Å². The highest BCUT2D eigenvalue weighted by molar-refractivity contribution is 5.58. The lowest BCUT2D eigenvalue weighted by Crippen LogP contribution is -2.02. The number of hydrogen-bond donors (Lipinski definition) is 3. The van der Waals surface area contributed by atoms with Crippen molar-refractivity contribution in [3.63, 3.8) is 0 Å². The van der Waals surface area contributed by atoms with Crippen LogP contribution in [-0.4, -0.2) is 21.7 Å². The molecule has 0 unspecified atom stereocenters. The van der Waals surface area contributed by atoms with Gasteiger partial charge in [0, 0.05) is 18.7 Å². The van der Waals surface area contributed by atoms with Crippen molar-refractivity contribution in [1.82, 2.24) is 9.97 Å². The molecule has 0 saturated heterocycles. The second-order valence-electron chi connectivity index (χ2n) is 4.44. The molecule has 0 aliphatic carbocycles. The number of benzene rings is 1. The third kappa shape index (κ3) is 4.20. The Bertz CT molecular complexity index is 738. The topological polar surface area (TPSA) is 108 Å². The number of aliphatic hydroxyl groups excluding tert-OH is 1. The van der Waals surface area contributed by atoms with Crippen LogP contribution in [0.5, 0.6) is 0 Å². The van der Waals surface area contributed by atoms with E-state index >= 15 is 0 Å². The summed E-state index contributed by atoms with van der Waals surface area (Å²) in [4.78, 5) is 8.31. The highest BCUT2D eigenvalue weighted by atomic mass is 16.2. The maximum atomic E-state index is 8.75. The van der Waals surface area contributed by atoms with Crippen molar-refractivity contribution < 1.29 is 5.11 Å². The van der Waals surface area contributed by atoms with Gasteiger partial charge in [0.05, 0.1) is 23.4 Å². The van der Waals surface area contributed by atoms with Crippen LogP contribution >= 0.6 is 0 Å². The minimum Gasteiger partial charge on any atom is -0.396 e. The molecule has 0 fully saturated rings. The minimum absolute atomic E-state index is 0.119. The van der Waals surface area contributed by atoms with Crippen molar-refractivity contribution in [2.45, 2.75) is 12.8 Å². The Balaban J connectivity index is 2.08. The molecular weight excluding hydrogens is 278 g/mol. The predicted octanol–water partition coefficient (Wildman–Crippen LogP) is 1.80. The number of aromatic nitrogens is 2. The van der Waals surface area contributed by atoms with Gasteiger partial charge in [-0.1, -0.05) is 11.8 Å². The fraction of sp³-hybridized carbons (Fsp3) is 0.188. The summed E-state index contributed by atoms with van der Waals surface area (Å²) in [5.74, 6) is 6.44. The van der Waals surface area contributed by atoms with Crippen LogP contribution in [0.3, 0.4) is 0 Å². The SMILES string of the molecule is N#Cc1ccc(Nc2ncc(C#CCCCO)c(N)n2)cc1. The first-order valence-electron chi connectivity index (χ1n) is 6.72. The van der Waals surface area contributed by atoms with E-state index in [-0.39, 0.29) is 6.61 Å². The average molecular weight is 293 g/mol. The molecule has 0 radical (unpaired) electrons. The van der Waals surface area contributed by atoms with Gasteiger partial charge in [-0.05, 0) is 30.7 Å². The molecule has 1 aromatic carbocycles. The summed E-state index contributed by atoms with van der Waals surface area (Å²) in [7, 11) is 0. The van der Waals surface area contributed by atoms with E-state index in [1.165, 1.54) is 0 Å². The van der Waals surface area contributed by atoms with Crippen molar-refractivity contribution in [3.05, 3.63) is 41.6 Å². The first-order chi connectivity index (χ1) is 10.7. The maximum Gasteiger partial charge on any atom is 0.229 e. The summed E-state index contributed by atoms with van der Waals surface area (Å²) in [6.45, 7) is 0.119. The normalized spacial score (nSPS) is 9.45. The Kier molecular flexibility index (Phi) is 5.31. The van der Waals surface area contributed by atoms with E-state index in [1.807, 2.05) is 0 Å². The van der Waals surface area contributed by atoms with Crippen LogP contribution in [0.15, 0.2) is 30.5 Å². The third-order valence-corrected chi connectivity index (χ3v) is 2.77. The predicted molar refractivity (Wildman–Crippen MR) is 84.1 cm³/mol. The fourth-order valence-corrected chi connectivity index (χ4v) is 1.63. The number of nitrogens with zero attached hydrogens (tertiary/aromatic N) is 3. The third-order valence-electron chi connectivity index (χ3n) is 2.77. The molecule has 1 aromatic heterocycles. The summed E-state index contributed by atoms with van der Waals surface area (Å²) >= 11 is 0. The van der Waals surface area contributed by atoms with Crippen LogP contribution in [0.2, 0.25) is 0 Å². The second-order valence-corrected chi connectivity index (χ2v) is 4.44. The van der Waals surface area contributed by atoms with E-state index in [4.69, 9.17) is 16.1 Å². The van der Waals surface area contributed by atoms with Crippen LogP contribution in [-0.2, 0) is 0 Å². The molecule has 110 valence electrons. The zero-order valence-electron chi connectivity index (χ0n) is 11.9. The quantitative estimate of drug-likeness (QED) is 0.586. The van der Waals surface area contributed by atoms with Gasteiger partial charge in [-0.2, -0.15) is 10.2 Å². The van der Waals surface area contributed by atoms with Gasteiger partial charge in [0.2, 0.25) is 5.95 Å². The largest absolute Gasteiger partial charge is 0.396 e. The standard InChI is InChI=1S/C16H15N5O/c17-10-12-5-7-14(8-6-12)20-16-19-11-13(15(18)21-16)4-2-1-3-9-22/h5-8,11,22H,1,3,9H2,(H3,18,19,20,21). The van der Waals surface area contributed by atoms with E-state index in [0.717, 1.165) is 5.69 Å². The molecule has 22 heavy (non-hydrogen) atoms. The monoisotopic (exact) mass is 293 g/mol. The number of rotatable bonds is 4. The lowest BCUT2D eigenvalue weighted by molar-refractivity contribution is 0.290. The molecule has 2 rings (SSSR count). The van der Waals surface area contributed by atoms with E-state index in [0.29, 0.717) is 35.7 Å². The zero-order chi connectivity index (χ0) is 15.8. The maximum absolute atomic E-state index is 8.75. The molecule has 0 atom stereocenters. The van der Waals surface area contributed by atoms with Crippen molar-refractivity contribution in [1.29, 1.82) is 5.26 Å². The summed E-state index contributed by atoms with van der Waals surface area (Å²) in [6.07, 6.45) is 2.79. The van der Waals surface area contributed by atoms with Crippen molar-refractivity contribution in [2.24, 2.45) is 0 Å². The summed E-state index contributed by atoms with van der Waals surface area (Å²) in [5.41, 5.74) is 7.75. The number of nitrogens with one attached hydrogen (secondary N) is 1. The van der Waals surface area contributed by atoms with Crippen LogP contribution < -0.4 is 11.1 Å². The number of hydrogen-bond acceptors (Lipinski definition) is 6. The van der Waals surface area contributed by atoms with E-state index in [2.05, 4.69) is 33.2 Å². The number of nitriles is 1. The Labute approximate surface area is 128 Å². The van der Waals surface area contributed by atoms with Gasteiger partial charge in [-0.15, -0.1) is 0 Å². The second kappa shape index (κ2) is 7.63. The molecule has 0 spiro atoms. The van der Waals surface area contributed by atoms with E-state index < -0.39 is 0 Å². The van der Waals surface area contributed by atoms with Gasteiger partial charge in [0.15, 0.2) is 0 Å². The molecule has 0 aliphatic rings. The highest BCUT2D eigenvalue weighted by Crippen LogP contribution is 2.15. The van der Waals surface area contributed by atoms with Gasteiger partial charge in [0.25, 0.3) is 0 Å². The first-order valence-corrected chi connectivity index (χ1v) is 6.72. The van der Waals surface area contributed by atoms with Crippen molar-refractivity contribution >= 4 is 17.5 Å². The Morgan fingerprint density at radius 3 is 2.68 bits per heavy atom. The zero-order valence-corrected chi connectivity index (χ0v) is 11.9. The molecule has 0 saturated carbocycles. The molecule has 6 nitrogen and oxygen atoms in total. The smallest absolute Gasteiger partial charge is 0.229 e. The Hall–Kier alpha value is -3.09. The van der Waals surface area contributed by atoms with Gasteiger partial charge >= 0.3 is 0 Å². The van der Waals surface area contributed by atoms with Crippen LogP contribution in [0.4, 0.5) is 17.5 Å². The first kappa shape index (κ1) is 15.3. The average Bonchev–Trinajstić information content (AvgIpc) is 2.54. The van der Waals surface area contributed by atoms with Crippen molar-refractivity contribution in [3.8, 4) is 17.9 Å². The molecule has 4 N–H and O–H groups in total. The van der Waals surface area contributed by atoms with Crippen LogP contribution in [0.25, 0.3) is 0 Å². The molecule has 0 amide bonds.